The molecule has 1 saturated carbocycles. The molecule has 0 bridgehead atoms. The fourth-order valence-corrected chi connectivity index (χ4v) is 4.67. The van der Waals surface area contributed by atoms with Crippen LogP contribution in [-0.4, -0.2) is 29.6 Å². The van der Waals surface area contributed by atoms with Crippen LogP contribution in [0.15, 0.2) is 28.7 Å². The van der Waals surface area contributed by atoms with Gasteiger partial charge in [0.15, 0.2) is 0 Å². The highest BCUT2D eigenvalue weighted by atomic mass is 79.9. The van der Waals surface area contributed by atoms with Gasteiger partial charge in [0.1, 0.15) is 0 Å². The summed E-state index contributed by atoms with van der Waals surface area (Å²) in [5.74, 6) is 0.926. The quantitative estimate of drug-likeness (QED) is 0.889. The zero-order chi connectivity index (χ0) is 14.9. The van der Waals surface area contributed by atoms with E-state index in [9.17, 15) is 0 Å². The first kappa shape index (κ1) is 15.5. The fraction of sp³-hybridized carbons (Fsp3) is 0.667. The van der Waals surface area contributed by atoms with Crippen LogP contribution in [0.2, 0.25) is 0 Å². The molecule has 3 rings (SSSR count). The molecule has 2 aliphatic rings. The molecule has 1 aliphatic carbocycles. The summed E-state index contributed by atoms with van der Waals surface area (Å²) in [6, 6.07) is 9.51. The third-order valence-electron chi connectivity index (χ3n) is 5.64. The van der Waals surface area contributed by atoms with Crippen LogP contribution in [0, 0.1) is 5.92 Å². The van der Waals surface area contributed by atoms with Gasteiger partial charge >= 0.3 is 0 Å². The molecule has 0 amide bonds. The zero-order valence-corrected chi connectivity index (χ0v) is 14.6. The number of nitrogens with zero attached hydrogens (tertiary/aromatic N) is 1. The Balaban J connectivity index is 1.77. The van der Waals surface area contributed by atoms with E-state index in [1.165, 1.54) is 44.2 Å². The average Bonchev–Trinajstić information content (AvgIpc) is 2.94. The van der Waals surface area contributed by atoms with Crippen LogP contribution in [0.4, 0.5) is 0 Å². The molecule has 0 radical (unpaired) electrons. The molecule has 1 aromatic rings. The van der Waals surface area contributed by atoms with E-state index in [0.717, 1.165) is 29.4 Å². The van der Waals surface area contributed by atoms with Gasteiger partial charge in [0.2, 0.25) is 0 Å². The van der Waals surface area contributed by atoms with Gasteiger partial charge in [0.25, 0.3) is 0 Å². The standard InChI is InChI=1S/C18H27BrN2/c1-18(13-20,12-14-6-8-16(19)9-7-14)21-11-10-15-4-2-3-5-17(15)21/h6-9,15,17H,2-5,10-13,20H2,1H3. The number of hydrogen-bond acceptors (Lipinski definition) is 2. The van der Waals surface area contributed by atoms with Gasteiger partial charge in [-0.15, -0.1) is 0 Å². The lowest BCUT2D eigenvalue weighted by molar-refractivity contribution is 0.0673. The number of rotatable bonds is 4. The minimum atomic E-state index is 0.102. The third-order valence-corrected chi connectivity index (χ3v) is 6.17. The lowest BCUT2D eigenvalue weighted by Crippen LogP contribution is -2.56. The van der Waals surface area contributed by atoms with Crippen LogP contribution >= 0.6 is 15.9 Å². The Morgan fingerprint density at radius 1 is 1.19 bits per heavy atom. The number of fused-ring (bicyclic) bond motifs is 1. The first-order chi connectivity index (χ1) is 10.1. The Hall–Kier alpha value is -0.380. The van der Waals surface area contributed by atoms with Crippen molar-refractivity contribution in [2.45, 2.75) is 57.0 Å². The first-order valence-corrected chi connectivity index (χ1v) is 9.13. The van der Waals surface area contributed by atoms with Crippen LogP contribution in [0.3, 0.4) is 0 Å². The van der Waals surface area contributed by atoms with Crippen LogP contribution in [0.25, 0.3) is 0 Å². The zero-order valence-electron chi connectivity index (χ0n) is 13.0. The second-order valence-electron chi connectivity index (χ2n) is 7.10. The SMILES string of the molecule is CC(CN)(Cc1ccc(Br)cc1)N1CCC2CCCCC21. The van der Waals surface area contributed by atoms with Crippen molar-refractivity contribution in [2.75, 3.05) is 13.1 Å². The Bertz CT molecular complexity index is 473. The van der Waals surface area contributed by atoms with Gasteiger partial charge in [0.05, 0.1) is 0 Å². The molecule has 1 saturated heterocycles. The predicted octanol–water partition coefficient (Wildman–Crippen LogP) is 3.97. The van der Waals surface area contributed by atoms with Gasteiger partial charge in [-0.3, -0.25) is 4.90 Å². The van der Waals surface area contributed by atoms with Crippen molar-refractivity contribution in [1.29, 1.82) is 0 Å². The highest BCUT2D eigenvalue weighted by Crippen LogP contribution is 2.40. The fourth-order valence-electron chi connectivity index (χ4n) is 4.41. The van der Waals surface area contributed by atoms with Gasteiger partial charge in [-0.25, -0.2) is 0 Å². The Kier molecular flexibility index (Phi) is 4.72. The summed E-state index contributed by atoms with van der Waals surface area (Å²) < 4.78 is 1.15. The Morgan fingerprint density at radius 3 is 2.62 bits per heavy atom. The number of hydrogen-bond donors (Lipinski definition) is 1. The minimum absolute atomic E-state index is 0.102. The summed E-state index contributed by atoms with van der Waals surface area (Å²) in [4.78, 5) is 2.75. The van der Waals surface area contributed by atoms with Crippen molar-refractivity contribution in [2.24, 2.45) is 11.7 Å². The molecule has 1 heterocycles. The van der Waals surface area contributed by atoms with Crippen molar-refractivity contribution < 1.29 is 0 Å². The predicted molar refractivity (Wildman–Crippen MR) is 92.4 cm³/mol. The van der Waals surface area contributed by atoms with E-state index in [-0.39, 0.29) is 5.54 Å². The van der Waals surface area contributed by atoms with E-state index in [1.54, 1.807) is 0 Å². The van der Waals surface area contributed by atoms with Crippen LogP contribution in [-0.2, 0) is 6.42 Å². The van der Waals surface area contributed by atoms with E-state index in [2.05, 4.69) is 52.0 Å². The van der Waals surface area contributed by atoms with E-state index < -0.39 is 0 Å². The van der Waals surface area contributed by atoms with Crippen LogP contribution in [0.5, 0.6) is 0 Å². The molecule has 1 aliphatic heterocycles. The molecule has 2 nitrogen and oxygen atoms in total. The second kappa shape index (κ2) is 6.39. The summed E-state index contributed by atoms with van der Waals surface area (Å²) in [6.07, 6.45) is 8.07. The van der Waals surface area contributed by atoms with E-state index >= 15 is 0 Å². The molecular weight excluding hydrogens is 324 g/mol. The number of nitrogens with two attached hydrogens (primary N) is 1. The van der Waals surface area contributed by atoms with Gasteiger partial charge in [-0.2, -0.15) is 0 Å². The molecule has 2 fully saturated rings. The molecule has 2 N–H and O–H groups in total. The molecule has 3 atom stereocenters. The maximum Gasteiger partial charge on any atom is 0.0346 e. The first-order valence-electron chi connectivity index (χ1n) is 8.34. The molecule has 3 unspecified atom stereocenters. The smallest absolute Gasteiger partial charge is 0.0346 e. The van der Waals surface area contributed by atoms with E-state index in [1.807, 2.05) is 0 Å². The average molecular weight is 351 g/mol. The molecule has 1 aromatic carbocycles. The highest BCUT2D eigenvalue weighted by Gasteiger charge is 2.43. The van der Waals surface area contributed by atoms with Crippen molar-refractivity contribution in [3.05, 3.63) is 34.3 Å². The van der Waals surface area contributed by atoms with Crippen molar-refractivity contribution in [3.8, 4) is 0 Å². The topological polar surface area (TPSA) is 29.3 Å². The molecular formula is C18H27BrN2. The summed E-state index contributed by atoms with van der Waals surface area (Å²) in [6.45, 7) is 4.35. The molecule has 0 spiro atoms. The number of halogens is 1. The van der Waals surface area contributed by atoms with Gasteiger partial charge in [-0.1, -0.05) is 40.9 Å². The maximum atomic E-state index is 6.24. The Labute approximate surface area is 137 Å². The highest BCUT2D eigenvalue weighted by molar-refractivity contribution is 9.10. The van der Waals surface area contributed by atoms with Crippen LogP contribution in [0.1, 0.15) is 44.6 Å². The summed E-state index contributed by atoms with van der Waals surface area (Å²) >= 11 is 3.52. The maximum absolute atomic E-state index is 6.24. The molecule has 21 heavy (non-hydrogen) atoms. The number of likely N-dealkylation sites (tertiary alicyclic amines) is 1. The van der Waals surface area contributed by atoms with Crippen molar-refractivity contribution in [3.63, 3.8) is 0 Å². The van der Waals surface area contributed by atoms with Gasteiger partial charge in [0, 0.05) is 22.6 Å². The third kappa shape index (κ3) is 3.20. The van der Waals surface area contributed by atoms with Crippen molar-refractivity contribution >= 4 is 15.9 Å². The lowest BCUT2D eigenvalue weighted by atomic mass is 9.83. The summed E-state index contributed by atoms with van der Waals surface area (Å²) in [5, 5.41) is 0. The summed E-state index contributed by atoms with van der Waals surface area (Å²) in [5.41, 5.74) is 7.73. The number of benzene rings is 1. The van der Waals surface area contributed by atoms with E-state index in [4.69, 9.17) is 5.73 Å². The monoisotopic (exact) mass is 350 g/mol. The molecule has 3 heteroatoms. The van der Waals surface area contributed by atoms with E-state index in [0.29, 0.717) is 0 Å². The second-order valence-corrected chi connectivity index (χ2v) is 8.01. The molecule has 0 aromatic heterocycles. The summed E-state index contributed by atoms with van der Waals surface area (Å²) in [7, 11) is 0. The van der Waals surface area contributed by atoms with Gasteiger partial charge in [-0.05, 0) is 62.8 Å². The minimum Gasteiger partial charge on any atom is -0.329 e. The van der Waals surface area contributed by atoms with Crippen LogP contribution < -0.4 is 5.73 Å². The molecule has 116 valence electrons. The largest absolute Gasteiger partial charge is 0.329 e. The normalized spacial score (nSPS) is 29.1. The van der Waals surface area contributed by atoms with Crippen molar-refractivity contribution in [1.82, 2.24) is 4.90 Å². The lowest BCUT2D eigenvalue weighted by Gasteiger charge is -2.44. The van der Waals surface area contributed by atoms with Gasteiger partial charge < -0.3 is 5.73 Å². The Morgan fingerprint density at radius 2 is 1.90 bits per heavy atom.